The summed E-state index contributed by atoms with van der Waals surface area (Å²) in [5, 5.41) is 14.4. The molecule has 4 rings (SSSR count). The van der Waals surface area contributed by atoms with Gasteiger partial charge in [-0.25, -0.2) is 0 Å². The van der Waals surface area contributed by atoms with E-state index >= 15 is 0 Å². The molecule has 3 aromatic carbocycles. The van der Waals surface area contributed by atoms with Crippen molar-refractivity contribution in [3.05, 3.63) is 102 Å². The van der Waals surface area contributed by atoms with E-state index < -0.39 is 0 Å². The van der Waals surface area contributed by atoms with Crippen LogP contribution in [0, 0.1) is 0 Å². The first-order chi connectivity index (χ1) is 15.0. The van der Waals surface area contributed by atoms with Gasteiger partial charge in [0.2, 0.25) is 5.16 Å². The Morgan fingerprint density at radius 2 is 1.48 bits per heavy atom. The number of aromatic nitrogens is 3. The van der Waals surface area contributed by atoms with E-state index in [9.17, 15) is 0 Å². The van der Waals surface area contributed by atoms with E-state index in [0.717, 1.165) is 27.9 Å². The van der Waals surface area contributed by atoms with Crippen LogP contribution in [-0.4, -0.2) is 21.1 Å². The molecular formula is C26H26N4S. The second kappa shape index (κ2) is 9.31. The third-order valence-corrected chi connectivity index (χ3v) is 5.94. The summed E-state index contributed by atoms with van der Waals surface area (Å²) in [6.45, 7) is 6.65. The molecule has 0 saturated carbocycles. The molecule has 0 aliphatic heterocycles. The van der Waals surface area contributed by atoms with Crippen LogP contribution in [-0.2, 0) is 11.2 Å². The van der Waals surface area contributed by atoms with Crippen LogP contribution < -0.4 is 0 Å². The predicted molar refractivity (Wildman–Crippen MR) is 130 cm³/mol. The van der Waals surface area contributed by atoms with Crippen LogP contribution >= 0.6 is 11.8 Å². The molecule has 0 aliphatic carbocycles. The molecule has 4 aromatic rings. The fourth-order valence-electron chi connectivity index (χ4n) is 3.14. The van der Waals surface area contributed by atoms with Gasteiger partial charge in [-0.2, -0.15) is 9.78 Å². The zero-order valence-corrected chi connectivity index (χ0v) is 18.9. The van der Waals surface area contributed by atoms with Gasteiger partial charge in [0, 0.05) is 11.3 Å². The highest BCUT2D eigenvalue weighted by Gasteiger charge is 2.15. The fourth-order valence-corrected chi connectivity index (χ4v) is 3.99. The molecule has 4 nitrogen and oxygen atoms in total. The molecule has 0 atom stereocenters. The van der Waals surface area contributed by atoms with Crippen molar-refractivity contribution in [3.63, 3.8) is 0 Å². The lowest BCUT2D eigenvalue weighted by molar-refractivity contribution is 0.590. The van der Waals surface area contributed by atoms with E-state index in [1.54, 1.807) is 11.8 Å². The van der Waals surface area contributed by atoms with Crippen LogP contribution in [0.4, 0.5) is 0 Å². The molecule has 0 N–H and O–H groups in total. The summed E-state index contributed by atoms with van der Waals surface area (Å²) in [4.78, 5) is 0. The smallest absolute Gasteiger partial charge is 0.187 e. The molecule has 31 heavy (non-hydrogen) atoms. The fraction of sp³-hybridized carbons (Fsp3) is 0.192. The van der Waals surface area contributed by atoms with E-state index in [2.05, 4.69) is 79.5 Å². The predicted octanol–water partition coefficient (Wildman–Crippen LogP) is 6.42. The quantitative estimate of drug-likeness (QED) is 0.264. The Morgan fingerprint density at radius 1 is 0.839 bits per heavy atom. The van der Waals surface area contributed by atoms with Crippen molar-refractivity contribution in [1.82, 2.24) is 14.9 Å². The second-order valence-electron chi connectivity index (χ2n) is 8.37. The van der Waals surface area contributed by atoms with Gasteiger partial charge in [0.25, 0.3) is 0 Å². The lowest BCUT2D eigenvalue weighted by atomic mass is 9.87. The number of benzene rings is 3. The van der Waals surface area contributed by atoms with Crippen LogP contribution in [0.15, 0.2) is 95.2 Å². The van der Waals surface area contributed by atoms with Crippen LogP contribution in [0.2, 0.25) is 0 Å². The summed E-state index contributed by atoms with van der Waals surface area (Å²) in [5.74, 6) is 1.54. The molecule has 5 heteroatoms. The van der Waals surface area contributed by atoms with Crippen molar-refractivity contribution in [1.29, 1.82) is 0 Å². The van der Waals surface area contributed by atoms with Gasteiger partial charge in [-0.15, -0.1) is 10.2 Å². The molecule has 0 aliphatic rings. The Kier molecular flexibility index (Phi) is 6.33. The highest BCUT2D eigenvalue weighted by Crippen LogP contribution is 2.26. The number of hydrogen-bond acceptors (Lipinski definition) is 4. The maximum absolute atomic E-state index is 4.76. The van der Waals surface area contributed by atoms with E-state index in [1.165, 1.54) is 11.1 Å². The molecule has 0 bridgehead atoms. The Labute approximate surface area is 188 Å². The monoisotopic (exact) mass is 426 g/mol. The van der Waals surface area contributed by atoms with Crippen molar-refractivity contribution < 1.29 is 0 Å². The minimum Gasteiger partial charge on any atom is -0.187 e. The molecule has 156 valence electrons. The molecule has 1 heterocycles. The van der Waals surface area contributed by atoms with Crippen LogP contribution in [0.25, 0.3) is 11.4 Å². The van der Waals surface area contributed by atoms with Gasteiger partial charge in [-0.05, 0) is 22.1 Å². The second-order valence-corrected chi connectivity index (χ2v) is 9.32. The van der Waals surface area contributed by atoms with E-state index in [1.807, 2.05) is 47.3 Å². The molecule has 0 spiro atoms. The van der Waals surface area contributed by atoms with Gasteiger partial charge in [0.05, 0.1) is 6.21 Å². The van der Waals surface area contributed by atoms with Crippen LogP contribution in [0.1, 0.15) is 37.5 Å². The third-order valence-electron chi connectivity index (χ3n) is 4.95. The first-order valence-electron chi connectivity index (χ1n) is 10.3. The standard InChI is InChI=1S/C26H26N4S/c1-26(2,3)23-16-14-20(15-17-23)18-27-30-24(22-12-8-5-9-13-22)28-29-25(30)31-19-21-10-6-4-7-11-21/h4-18H,19H2,1-3H3/b27-18+. The molecule has 0 saturated heterocycles. The molecule has 1 aromatic heterocycles. The number of rotatable bonds is 6. The summed E-state index contributed by atoms with van der Waals surface area (Å²) >= 11 is 1.63. The average molecular weight is 427 g/mol. The van der Waals surface area contributed by atoms with Crippen molar-refractivity contribution in [3.8, 4) is 11.4 Å². The maximum Gasteiger partial charge on any atom is 0.212 e. The van der Waals surface area contributed by atoms with Crippen molar-refractivity contribution in [2.24, 2.45) is 5.10 Å². The van der Waals surface area contributed by atoms with Crippen LogP contribution in [0.3, 0.4) is 0 Å². The molecular weight excluding hydrogens is 400 g/mol. The first-order valence-corrected chi connectivity index (χ1v) is 11.3. The zero-order chi connectivity index (χ0) is 21.7. The van der Waals surface area contributed by atoms with Gasteiger partial charge in [0.1, 0.15) is 0 Å². The first kappa shape index (κ1) is 21.1. The Hall–Kier alpha value is -3.18. The van der Waals surface area contributed by atoms with Gasteiger partial charge in [-0.3, -0.25) is 0 Å². The van der Waals surface area contributed by atoms with E-state index in [0.29, 0.717) is 0 Å². The lowest BCUT2D eigenvalue weighted by Crippen LogP contribution is -2.10. The van der Waals surface area contributed by atoms with Crippen molar-refractivity contribution in [2.75, 3.05) is 0 Å². The van der Waals surface area contributed by atoms with Gasteiger partial charge >= 0.3 is 0 Å². The molecule has 0 radical (unpaired) electrons. The Morgan fingerprint density at radius 3 is 2.13 bits per heavy atom. The van der Waals surface area contributed by atoms with Gasteiger partial charge in [0.15, 0.2) is 5.82 Å². The molecule has 0 fully saturated rings. The largest absolute Gasteiger partial charge is 0.212 e. The molecule has 0 amide bonds. The lowest BCUT2D eigenvalue weighted by Gasteiger charge is -2.18. The maximum atomic E-state index is 4.76. The Balaban J connectivity index is 1.63. The van der Waals surface area contributed by atoms with Gasteiger partial charge < -0.3 is 0 Å². The third kappa shape index (κ3) is 5.30. The summed E-state index contributed by atoms with van der Waals surface area (Å²) in [7, 11) is 0. The highest BCUT2D eigenvalue weighted by atomic mass is 32.2. The minimum atomic E-state index is 0.131. The van der Waals surface area contributed by atoms with E-state index in [4.69, 9.17) is 5.10 Å². The molecule has 0 unspecified atom stereocenters. The number of nitrogens with zero attached hydrogens (tertiary/aromatic N) is 4. The summed E-state index contributed by atoms with van der Waals surface area (Å²) in [5.41, 5.74) is 4.70. The van der Waals surface area contributed by atoms with Gasteiger partial charge in [-0.1, -0.05) is 117 Å². The minimum absolute atomic E-state index is 0.131. The summed E-state index contributed by atoms with van der Waals surface area (Å²) in [6, 6.07) is 28.9. The summed E-state index contributed by atoms with van der Waals surface area (Å²) in [6.07, 6.45) is 1.87. The van der Waals surface area contributed by atoms with Crippen molar-refractivity contribution in [2.45, 2.75) is 37.1 Å². The Bertz CT molecular complexity index is 1140. The highest BCUT2D eigenvalue weighted by molar-refractivity contribution is 7.98. The zero-order valence-electron chi connectivity index (χ0n) is 18.1. The normalized spacial score (nSPS) is 11.8. The van der Waals surface area contributed by atoms with Crippen molar-refractivity contribution >= 4 is 18.0 Å². The van der Waals surface area contributed by atoms with Crippen LogP contribution in [0.5, 0.6) is 0 Å². The SMILES string of the molecule is CC(C)(C)c1ccc(/C=N/n2c(SCc3ccccc3)nnc2-c2ccccc2)cc1. The topological polar surface area (TPSA) is 43.1 Å². The average Bonchev–Trinajstić information content (AvgIpc) is 3.20. The number of hydrogen-bond donors (Lipinski definition) is 0. The number of thioether (sulfide) groups is 1. The van der Waals surface area contributed by atoms with E-state index in [-0.39, 0.29) is 5.41 Å². The summed E-state index contributed by atoms with van der Waals surface area (Å²) < 4.78 is 1.83.